The van der Waals surface area contributed by atoms with Crippen LogP contribution in [0.5, 0.6) is 0 Å². The fourth-order valence-corrected chi connectivity index (χ4v) is 3.87. The van der Waals surface area contributed by atoms with Crippen molar-refractivity contribution in [3.05, 3.63) is 28.2 Å². The second kappa shape index (κ2) is 6.02. The first-order chi connectivity index (χ1) is 8.09. The molecule has 0 radical (unpaired) electrons. The minimum atomic E-state index is -4.48. The highest BCUT2D eigenvalue weighted by molar-refractivity contribution is 9.10. The summed E-state index contributed by atoms with van der Waals surface area (Å²) in [6.07, 6.45) is -4.48. The van der Waals surface area contributed by atoms with Gasteiger partial charge < -0.3 is 0 Å². The van der Waals surface area contributed by atoms with E-state index in [1.807, 2.05) is 0 Å². The number of hydrogen-bond donors (Lipinski definition) is 0. The molecule has 0 fully saturated rings. The Labute approximate surface area is 119 Å². The number of rotatable bonds is 4. The molecule has 0 atom stereocenters. The molecule has 1 rings (SSSR count). The lowest BCUT2D eigenvalue weighted by molar-refractivity contribution is -0.139. The molecular formula is C9H7BrClF3O2S2. The Morgan fingerprint density at radius 2 is 1.94 bits per heavy atom. The SMILES string of the molecule is O=S(=O)(Cl)CCSc1ccc(Br)cc1C(F)(F)F. The summed E-state index contributed by atoms with van der Waals surface area (Å²) in [5, 5.41) is 0. The smallest absolute Gasteiger partial charge is 0.212 e. The Morgan fingerprint density at radius 1 is 1.33 bits per heavy atom. The molecule has 0 aliphatic heterocycles. The Kier molecular flexibility index (Phi) is 5.40. The molecule has 0 aromatic heterocycles. The number of hydrogen-bond acceptors (Lipinski definition) is 3. The van der Waals surface area contributed by atoms with Crippen molar-refractivity contribution in [2.75, 3.05) is 11.5 Å². The summed E-state index contributed by atoms with van der Waals surface area (Å²) in [6, 6.07) is 3.71. The van der Waals surface area contributed by atoms with E-state index in [1.165, 1.54) is 12.1 Å². The monoisotopic (exact) mass is 382 g/mol. The Balaban J connectivity index is 2.89. The van der Waals surface area contributed by atoms with E-state index in [0.717, 1.165) is 17.8 Å². The number of halogens is 5. The predicted molar refractivity (Wildman–Crippen MR) is 69.5 cm³/mol. The van der Waals surface area contributed by atoms with Gasteiger partial charge >= 0.3 is 6.18 Å². The summed E-state index contributed by atoms with van der Waals surface area (Å²) in [4.78, 5) is -0.0222. The van der Waals surface area contributed by atoms with Crippen LogP contribution in [0.25, 0.3) is 0 Å². The molecule has 1 aromatic rings. The molecule has 18 heavy (non-hydrogen) atoms. The maximum absolute atomic E-state index is 12.7. The van der Waals surface area contributed by atoms with E-state index >= 15 is 0 Å². The quantitative estimate of drug-likeness (QED) is 0.579. The van der Waals surface area contributed by atoms with Gasteiger partial charge in [-0.05, 0) is 18.2 Å². The zero-order valence-electron chi connectivity index (χ0n) is 8.67. The molecule has 9 heteroatoms. The van der Waals surface area contributed by atoms with Crippen LogP contribution in [0.15, 0.2) is 27.6 Å². The lowest BCUT2D eigenvalue weighted by atomic mass is 10.2. The van der Waals surface area contributed by atoms with Crippen LogP contribution in [0.4, 0.5) is 13.2 Å². The normalized spacial score (nSPS) is 12.7. The van der Waals surface area contributed by atoms with Crippen molar-refractivity contribution in [2.24, 2.45) is 0 Å². The summed E-state index contributed by atoms with van der Waals surface area (Å²) < 4.78 is 59.8. The molecule has 0 saturated carbocycles. The zero-order chi connectivity index (χ0) is 14.0. The lowest BCUT2D eigenvalue weighted by Crippen LogP contribution is -2.08. The molecule has 0 spiro atoms. The Hall–Kier alpha value is 0.0800. The van der Waals surface area contributed by atoms with Gasteiger partial charge in [0.2, 0.25) is 9.05 Å². The summed E-state index contributed by atoms with van der Waals surface area (Å²) in [5.74, 6) is -0.414. The van der Waals surface area contributed by atoms with E-state index in [9.17, 15) is 21.6 Å². The minimum Gasteiger partial charge on any atom is -0.212 e. The average molecular weight is 384 g/mol. The fraction of sp³-hybridized carbons (Fsp3) is 0.333. The Bertz CT molecular complexity index is 531. The van der Waals surface area contributed by atoms with E-state index in [4.69, 9.17) is 10.7 Å². The third-order valence-corrected chi connectivity index (χ3v) is 4.81. The summed E-state index contributed by atoms with van der Waals surface area (Å²) in [7, 11) is 1.29. The van der Waals surface area contributed by atoms with Crippen molar-refractivity contribution >= 4 is 47.4 Å². The Morgan fingerprint density at radius 3 is 2.44 bits per heavy atom. The van der Waals surface area contributed by atoms with E-state index in [1.54, 1.807) is 0 Å². The molecule has 0 aliphatic rings. The maximum atomic E-state index is 12.7. The van der Waals surface area contributed by atoms with Crippen molar-refractivity contribution in [3.63, 3.8) is 0 Å². The van der Waals surface area contributed by atoms with Gasteiger partial charge in [-0.1, -0.05) is 15.9 Å². The molecule has 0 aliphatic carbocycles. The molecule has 0 N–H and O–H groups in total. The van der Waals surface area contributed by atoms with Crippen LogP contribution in [-0.4, -0.2) is 19.9 Å². The topological polar surface area (TPSA) is 34.1 Å². The van der Waals surface area contributed by atoms with Crippen LogP contribution in [0.2, 0.25) is 0 Å². The molecule has 0 amide bonds. The first-order valence-electron chi connectivity index (χ1n) is 4.51. The zero-order valence-corrected chi connectivity index (χ0v) is 12.6. The molecule has 0 saturated heterocycles. The van der Waals surface area contributed by atoms with Crippen LogP contribution in [0.1, 0.15) is 5.56 Å². The molecule has 1 aromatic carbocycles. The van der Waals surface area contributed by atoms with E-state index < -0.39 is 20.8 Å². The first kappa shape index (κ1) is 16.1. The maximum Gasteiger partial charge on any atom is 0.417 e. The van der Waals surface area contributed by atoms with Crippen molar-refractivity contribution in [2.45, 2.75) is 11.1 Å². The fourth-order valence-electron chi connectivity index (χ4n) is 1.10. The van der Waals surface area contributed by atoms with E-state index in [2.05, 4.69) is 15.9 Å². The van der Waals surface area contributed by atoms with Gasteiger partial charge in [0.15, 0.2) is 0 Å². The number of alkyl halides is 3. The van der Waals surface area contributed by atoms with Gasteiger partial charge in [-0.25, -0.2) is 8.42 Å². The van der Waals surface area contributed by atoms with Crippen molar-refractivity contribution in [3.8, 4) is 0 Å². The lowest BCUT2D eigenvalue weighted by Gasteiger charge is -2.12. The van der Waals surface area contributed by atoms with Gasteiger partial charge in [0.05, 0.1) is 11.3 Å². The van der Waals surface area contributed by atoms with Crippen molar-refractivity contribution < 1.29 is 21.6 Å². The molecule has 2 nitrogen and oxygen atoms in total. The third-order valence-electron chi connectivity index (χ3n) is 1.83. The highest BCUT2D eigenvalue weighted by Crippen LogP contribution is 2.38. The van der Waals surface area contributed by atoms with Crippen LogP contribution in [0, 0.1) is 0 Å². The van der Waals surface area contributed by atoms with Crippen LogP contribution in [0.3, 0.4) is 0 Å². The van der Waals surface area contributed by atoms with Crippen molar-refractivity contribution in [1.29, 1.82) is 0 Å². The predicted octanol–water partition coefficient (Wildman–Crippen LogP) is 4.13. The summed E-state index contributed by atoms with van der Waals surface area (Å²) in [6.45, 7) is 0. The highest BCUT2D eigenvalue weighted by Gasteiger charge is 2.33. The van der Waals surface area contributed by atoms with E-state index in [-0.39, 0.29) is 16.4 Å². The van der Waals surface area contributed by atoms with Gasteiger partial charge in [-0.3, -0.25) is 0 Å². The standard InChI is InChI=1S/C9H7BrClF3O2S2/c10-6-1-2-8(7(5-6)9(12,13)14)17-3-4-18(11,15)16/h1-2,5H,3-4H2. The molecule has 0 unspecified atom stereocenters. The number of thioether (sulfide) groups is 1. The number of benzene rings is 1. The van der Waals surface area contributed by atoms with Gasteiger partial charge in [-0.2, -0.15) is 13.2 Å². The van der Waals surface area contributed by atoms with Crippen LogP contribution >= 0.6 is 38.4 Å². The molecule has 102 valence electrons. The van der Waals surface area contributed by atoms with Gasteiger partial charge in [0.1, 0.15) is 0 Å². The summed E-state index contributed by atoms with van der Waals surface area (Å²) in [5.41, 5.74) is -0.797. The minimum absolute atomic E-state index is 0.0222. The van der Waals surface area contributed by atoms with Crippen LogP contribution in [-0.2, 0) is 15.2 Å². The molecule has 0 heterocycles. The van der Waals surface area contributed by atoms with Gasteiger partial charge in [-0.15, -0.1) is 11.8 Å². The summed E-state index contributed by atoms with van der Waals surface area (Å²) >= 11 is 3.77. The first-order valence-corrected chi connectivity index (χ1v) is 8.77. The largest absolute Gasteiger partial charge is 0.417 e. The average Bonchev–Trinajstić information content (AvgIpc) is 2.17. The molecular weight excluding hydrogens is 377 g/mol. The second-order valence-corrected chi connectivity index (χ2v) is 8.18. The molecule has 0 bridgehead atoms. The second-order valence-electron chi connectivity index (χ2n) is 3.23. The van der Waals surface area contributed by atoms with Crippen LogP contribution < -0.4 is 0 Å². The highest BCUT2D eigenvalue weighted by atomic mass is 79.9. The van der Waals surface area contributed by atoms with Gasteiger partial charge in [0.25, 0.3) is 0 Å². The van der Waals surface area contributed by atoms with Crippen molar-refractivity contribution in [1.82, 2.24) is 0 Å². The van der Waals surface area contributed by atoms with E-state index in [0.29, 0.717) is 4.47 Å². The van der Waals surface area contributed by atoms with Gasteiger partial charge in [0, 0.05) is 25.8 Å². The third kappa shape index (κ3) is 5.38.